The van der Waals surface area contributed by atoms with Gasteiger partial charge in [-0.25, -0.2) is 9.69 Å². The van der Waals surface area contributed by atoms with E-state index in [0.717, 1.165) is 10.5 Å². The topological polar surface area (TPSA) is 75.7 Å². The fourth-order valence-electron chi connectivity index (χ4n) is 3.16. The molecule has 1 aliphatic rings. The van der Waals surface area contributed by atoms with Crippen molar-refractivity contribution in [1.82, 2.24) is 5.32 Å². The van der Waals surface area contributed by atoms with Crippen molar-refractivity contribution in [3.8, 4) is 5.75 Å². The van der Waals surface area contributed by atoms with Gasteiger partial charge in [-0.15, -0.1) is 0 Å². The van der Waals surface area contributed by atoms with Gasteiger partial charge in [-0.3, -0.25) is 14.9 Å². The van der Waals surface area contributed by atoms with Crippen LogP contribution in [-0.4, -0.2) is 17.8 Å². The fourth-order valence-corrected chi connectivity index (χ4v) is 3.60. The highest BCUT2D eigenvalue weighted by molar-refractivity contribution is 6.42. The van der Waals surface area contributed by atoms with E-state index in [4.69, 9.17) is 27.9 Å². The highest BCUT2D eigenvalue weighted by Crippen LogP contribution is 2.29. The average Bonchev–Trinajstić information content (AvgIpc) is 2.77. The highest BCUT2D eigenvalue weighted by atomic mass is 35.5. The zero-order chi connectivity index (χ0) is 22.7. The molecule has 32 heavy (non-hydrogen) atoms. The van der Waals surface area contributed by atoms with E-state index in [1.54, 1.807) is 54.6 Å². The Bertz CT molecular complexity index is 1260. The minimum absolute atomic E-state index is 0.189. The Kier molecular flexibility index (Phi) is 6.25. The summed E-state index contributed by atoms with van der Waals surface area (Å²) < 4.78 is 5.80. The van der Waals surface area contributed by atoms with Gasteiger partial charge in [-0.05, 0) is 53.6 Å². The molecule has 1 N–H and O–H groups in total. The number of hydrogen-bond donors (Lipinski definition) is 1. The number of benzene rings is 3. The van der Waals surface area contributed by atoms with Gasteiger partial charge in [0.05, 0.1) is 10.7 Å². The van der Waals surface area contributed by atoms with E-state index in [9.17, 15) is 14.4 Å². The van der Waals surface area contributed by atoms with Crippen LogP contribution < -0.4 is 15.0 Å². The number of hydrogen-bond acceptors (Lipinski definition) is 4. The monoisotopic (exact) mass is 466 g/mol. The van der Waals surface area contributed by atoms with Crippen LogP contribution in [0.1, 0.15) is 11.1 Å². The molecule has 0 spiro atoms. The number of anilines is 1. The number of carbonyl (C=O) groups is 3. The van der Waals surface area contributed by atoms with Crippen LogP contribution >= 0.6 is 23.2 Å². The van der Waals surface area contributed by atoms with E-state index in [-0.39, 0.29) is 16.3 Å². The largest absolute Gasteiger partial charge is 0.489 e. The molecule has 160 valence electrons. The first-order valence-electron chi connectivity index (χ1n) is 9.55. The molecule has 1 aliphatic heterocycles. The number of imide groups is 2. The summed E-state index contributed by atoms with van der Waals surface area (Å²) in [6, 6.07) is 19.8. The van der Waals surface area contributed by atoms with Crippen molar-refractivity contribution in [2.45, 2.75) is 6.61 Å². The smallest absolute Gasteiger partial charge is 0.335 e. The van der Waals surface area contributed by atoms with Gasteiger partial charge in [0, 0.05) is 5.02 Å². The lowest BCUT2D eigenvalue weighted by atomic mass is 10.1. The van der Waals surface area contributed by atoms with Crippen molar-refractivity contribution in [3.63, 3.8) is 0 Å². The molecule has 8 heteroatoms. The number of nitrogens with one attached hydrogen (secondary N) is 1. The van der Waals surface area contributed by atoms with Gasteiger partial charge in [-0.1, -0.05) is 59.6 Å². The molecule has 1 fully saturated rings. The molecule has 0 atom stereocenters. The Balaban J connectivity index is 1.59. The minimum Gasteiger partial charge on any atom is -0.489 e. The van der Waals surface area contributed by atoms with Gasteiger partial charge in [-0.2, -0.15) is 0 Å². The van der Waals surface area contributed by atoms with Crippen LogP contribution in [0.3, 0.4) is 0 Å². The predicted molar refractivity (Wildman–Crippen MR) is 123 cm³/mol. The van der Waals surface area contributed by atoms with E-state index in [1.807, 2.05) is 12.1 Å². The fraction of sp³-hybridized carbons (Fsp3) is 0.0417. The van der Waals surface area contributed by atoms with E-state index < -0.39 is 17.8 Å². The van der Waals surface area contributed by atoms with Crippen LogP contribution in [0.15, 0.2) is 78.4 Å². The van der Waals surface area contributed by atoms with Gasteiger partial charge in [0.25, 0.3) is 11.8 Å². The first kappa shape index (κ1) is 21.6. The standard InChI is InChI=1S/C24H16Cl2N2O4/c25-17-7-3-6-16(11-17)14-32-18-8-4-5-15(12-18)13-19-22(29)27-24(31)28(23(19)30)21-10-2-1-9-20(21)26/h1-13H,14H2,(H,27,29,31)/b19-13-. The van der Waals surface area contributed by atoms with E-state index in [0.29, 0.717) is 22.9 Å². The van der Waals surface area contributed by atoms with Crippen LogP contribution in [0.2, 0.25) is 10.0 Å². The van der Waals surface area contributed by atoms with Gasteiger partial charge < -0.3 is 4.74 Å². The normalized spacial score (nSPS) is 15.1. The molecule has 0 bridgehead atoms. The average molecular weight is 467 g/mol. The maximum Gasteiger partial charge on any atom is 0.335 e. The molecule has 1 heterocycles. The van der Waals surface area contributed by atoms with Crippen LogP contribution in [0.5, 0.6) is 5.75 Å². The molecule has 0 unspecified atom stereocenters. The second-order valence-corrected chi connectivity index (χ2v) is 7.74. The number of amides is 4. The van der Waals surface area contributed by atoms with Gasteiger partial charge in [0.2, 0.25) is 0 Å². The van der Waals surface area contributed by atoms with Crippen molar-refractivity contribution >= 4 is 52.8 Å². The van der Waals surface area contributed by atoms with E-state index in [1.165, 1.54) is 12.1 Å². The summed E-state index contributed by atoms with van der Waals surface area (Å²) in [7, 11) is 0. The molecule has 1 saturated heterocycles. The molecular formula is C24H16Cl2N2O4. The molecular weight excluding hydrogens is 451 g/mol. The molecule has 0 saturated carbocycles. The molecule has 0 aliphatic carbocycles. The zero-order valence-electron chi connectivity index (χ0n) is 16.5. The number of urea groups is 1. The lowest BCUT2D eigenvalue weighted by Crippen LogP contribution is -2.54. The molecule has 3 aromatic rings. The summed E-state index contributed by atoms with van der Waals surface area (Å²) in [5.74, 6) is -1.01. The van der Waals surface area contributed by atoms with Gasteiger partial charge in [0.15, 0.2) is 0 Å². The molecule has 3 aromatic carbocycles. The second-order valence-electron chi connectivity index (χ2n) is 6.90. The second kappa shape index (κ2) is 9.26. The van der Waals surface area contributed by atoms with Crippen molar-refractivity contribution in [2.24, 2.45) is 0 Å². The summed E-state index contributed by atoms with van der Waals surface area (Å²) in [5.41, 5.74) is 1.45. The third-order valence-corrected chi connectivity index (χ3v) is 5.21. The summed E-state index contributed by atoms with van der Waals surface area (Å²) in [4.78, 5) is 38.6. The first-order valence-corrected chi connectivity index (χ1v) is 10.3. The molecule has 6 nitrogen and oxygen atoms in total. The third kappa shape index (κ3) is 4.66. The molecule has 4 amide bonds. The number of rotatable bonds is 5. The minimum atomic E-state index is -0.858. The van der Waals surface area contributed by atoms with Crippen LogP contribution in [0.25, 0.3) is 6.08 Å². The Morgan fingerprint density at radius 3 is 2.47 bits per heavy atom. The number of nitrogens with zero attached hydrogens (tertiary/aromatic N) is 1. The van der Waals surface area contributed by atoms with Crippen LogP contribution in [0.4, 0.5) is 10.5 Å². The maximum atomic E-state index is 13.0. The number of halogens is 2. The van der Waals surface area contributed by atoms with E-state index >= 15 is 0 Å². The summed E-state index contributed by atoms with van der Waals surface area (Å²) in [6.07, 6.45) is 1.40. The lowest BCUT2D eigenvalue weighted by Gasteiger charge is -2.27. The Labute approximate surface area is 194 Å². The predicted octanol–water partition coefficient (Wildman–Crippen LogP) is 5.24. The lowest BCUT2D eigenvalue weighted by molar-refractivity contribution is -0.122. The Hall–Kier alpha value is -3.61. The molecule has 4 rings (SSSR count). The van der Waals surface area contributed by atoms with Crippen LogP contribution in [0, 0.1) is 0 Å². The maximum absolute atomic E-state index is 13.0. The molecule has 0 radical (unpaired) electrons. The van der Waals surface area contributed by atoms with Crippen molar-refractivity contribution in [1.29, 1.82) is 0 Å². The first-order chi connectivity index (χ1) is 15.4. The number of para-hydroxylation sites is 1. The number of barbiturate groups is 1. The van der Waals surface area contributed by atoms with Gasteiger partial charge in [0.1, 0.15) is 17.9 Å². The third-order valence-electron chi connectivity index (χ3n) is 4.66. The summed E-state index contributed by atoms with van der Waals surface area (Å²) in [5, 5.41) is 3.00. The molecule has 0 aromatic heterocycles. The summed E-state index contributed by atoms with van der Waals surface area (Å²) >= 11 is 12.1. The zero-order valence-corrected chi connectivity index (χ0v) is 18.1. The van der Waals surface area contributed by atoms with Crippen molar-refractivity contribution in [3.05, 3.63) is 99.5 Å². The highest BCUT2D eigenvalue weighted by Gasteiger charge is 2.37. The van der Waals surface area contributed by atoms with E-state index in [2.05, 4.69) is 5.32 Å². The van der Waals surface area contributed by atoms with Crippen LogP contribution in [-0.2, 0) is 16.2 Å². The SMILES string of the molecule is O=C1NC(=O)N(c2ccccc2Cl)C(=O)/C1=C\c1cccc(OCc2cccc(Cl)c2)c1. The number of ether oxygens (including phenoxy) is 1. The quantitative estimate of drug-likeness (QED) is 0.412. The van der Waals surface area contributed by atoms with Gasteiger partial charge >= 0.3 is 6.03 Å². The number of carbonyl (C=O) groups excluding carboxylic acids is 3. The van der Waals surface area contributed by atoms with Crippen molar-refractivity contribution in [2.75, 3.05) is 4.90 Å². The Morgan fingerprint density at radius 1 is 0.906 bits per heavy atom. The summed E-state index contributed by atoms with van der Waals surface area (Å²) in [6.45, 7) is 0.300. The Morgan fingerprint density at radius 2 is 1.69 bits per heavy atom. The van der Waals surface area contributed by atoms with Crippen molar-refractivity contribution < 1.29 is 19.1 Å².